The van der Waals surface area contributed by atoms with Crippen LogP contribution in [0.1, 0.15) is 36.5 Å². The highest BCUT2D eigenvalue weighted by molar-refractivity contribution is 6.12. The molecular weight excluding hydrogens is 430 g/mol. The van der Waals surface area contributed by atoms with Gasteiger partial charge in [0, 0.05) is 5.56 Å². The quantitative estimate of drug-likeness (QED) is 0.219. The van der Waals surface area contributed by atoms with Crippen LogP contribution in [0.4, 0.5) is 0 Å². The zero-order chi connectivity index (χ0) is 23.8. The van der Waals surface area contributed by atoms with Gasteiger partial charge in [-0.15, -0.1) is 0 Å². The first kappa shape index (κ1) is 23.1. The largest absolute Gasteiger partial charge is 0.494 e. The van der Waals surface area contributed by atoms with E-state index in [2.05, 4.69) is 11.9 Å². The van der Waals surface area contributed by atoms with Crippen LogP contribution in [0.25, 0.3) is 6.08 Å². The summed E-state index contributed by atoms with van der Waals surface area (Å²) >= 11 is 0. The standard InChI is InChI=1S/C28H27NO5/c1-3-4-16-32-23-13-11-22(12-14-23)27-29-24(28(30)34-27)17-21-10-15-25(26(18-21)31-2)33-19-20-8-6-5-7-9-20/h5-15,17-18H,3-4,16,19H2,1-2H3/b24-17-. The van der Waals surface area contributed by atoms with Crippen LogP contribution in [0.15, 0.2) is 83.5 Å². The van der Waals surface area contributed by atoms with Crippen LogP contribution in [0, 0.1) is 0 Å². The van der Waals surface area contributed by atoms with Crippen LogP contribution in [-0.4, -0.2) is 25.6 Å². The number of esters is 1. The molecule has 0 fully saturated rings. The molecule has 0 radical (unpaired) electrons. The minimum atomic E-state index is -0.498. The third-order valence-corrected chi connectivity index (χ3v) is 5.22. The molecule has 1 heterocycles. The average Bonchev–Trinajstić information content (AvgIpc) is 3.24. The molecule has 0 unspecified atom stereocenters. The molecule has 3 aromatic carbocycles. The molecule has 0 N–H and O–H groups in total. The second kappa shape index (κ2) is 11.2. The molecule has 0 amide bonds. The molecule has 174 valence electrons. The summed E-state index contributed by atoms with van der Waals surface area (Å²) in [6, 6.07) is 22.7. The minimum absolute atomic E-state index is 0.221. The fourth-order valence-electron chi connectivity index (χ4n) is 3.35. The fraction of sp³-hybridized carbons (Fsp3) is 0.214. The van der Waals surface area contributed by atoms with Crippen LogP contribution >= 0.6 is 0 Å². The highest BCUT2D eigenvalue weighted by Crippen LogP contribution is 2.30. The maximum atomic E-state index is 12.4. The summed E-state index contributed by atoms with van der Waals surface area (Å²) in [5.74, 6) is 1.74. The predicted molar refractivity (Wildman–Crippen MR) is 131 cm³/mol. The number of rotatable bonds is 10. The van der Waals surface area contributed by atoms with Gasteiger partial charge in [-0.2, -0.15) is 0 Å². The van der Waals surface area contributed by atoms with Crippen molar-refractivity contribution in [1.82, 2.24) is 0 Å². The van der Waals surface area contributed by atoms with Gasteiger partial charge >= 0.3 is 5.97 Å². The fourth-order valence-corrected chi connectivity index (χ4v) is 3.35. The van der Waals surface area contributed by atoms with Crippen molar-refractivity contribution >= 4 is 17.9 Å². The molecular formula is C28H27NO5. The smallest absolute Gasteiger partial charge is 0.363 e. The van der Waals surface area contributed by atoms with Gasteiger partial charge in [0.15, 0.2) is 17.2 Å². The van der Waals surface area contributed by atoms with Gasteiger partial charge in [0.25, 0.3) is 0 Å². The molecule has 34 heavy (non-hydrogen) atoms. The van der Waals surface area contributed by atoms with Crippen molar-refractivity contribution in [3.8, 4) is 17.2 Å². The van der Waals surface area contributed by atoms with Crippen LogP contribution in [0.2, 0.25) is 0 Å². The topological polar surface area (TPSA) is 66.3 Å². The second-order valence-corrected chi connectivity index (χ2v) is 7.75. The van der Waals surface area contributed by atoms with E-state index in [1.165, 1.54) is 0 Å². The third-order valence-electron chi connectivity index (χ3n) is 5.22. The molecule has 6 heteroatoms. The highest BCUT2D eigenvalue weighted by atomic mass is 16.6. The van der Waals surface area contributed by atoms with E-state index in [0.29, 0.717) is 30.3 Å². The SMILES string of the molecule is CCCCOc1ccc(C2=N/C(=C\c3ccc(OCc4ccccc4)c(OC)c3)C(=O)O2)cc1. The van der Waals surface area contributed by atoms with Gasteiger partial charge < -0.3 is 18.9 Å². The van der Waals surface area contributed by atoms with Crippen molar-refractivity contribution < 1.29 is 23.7 Å². The Bertz CT molecular complexity index is 1180. The van der Waals surface area contributed by atoms with E-state index in [1.54, 1.807) is 19.3 Å². The van der Waals surface area contributed by atoms with Gasteiger partial charge in [0.05, 0.1) is 13.7 Å². The number of carbonyl (C=O) groups excluding carboxylic acids is 1. The number of hydrogen-bond acceptors (Lipinski definition) is 6. The number of ether oxygens (including phenoxy) is 4. The van der Waals surface area contributed by atoms with Crippen LogP contribution in [0.5, 0.6) is 17.2 Å². The Morgan fingerprint density at radius 1 is 0.941 bits per heavy atom. The number of benzene rings is 3. The molecule has 1 aliphatic heterocycles. The lowest BCUT2D eigenvalue weighted by atomic mass is 10.1. The monoisotopic (exact) mass is 457 g/mol. The summed E-state index contributed by atoms with van der Waals surface area (Å²) < 4.78 is 22.4. The highest BCUT2D eigenvalue weighted by Gasteiger charge is 2.24. The first-order chi connectivity index (χ1) is 16.7. The summed E-state index contributed by atoms with van der Waals surface area (Å²) in [4.78, 5) is 16.8. The number of unbranched alkanes of at least 4 members (excludes halogenated alkanes) is 1. The maximum absolute atomic E-state index is 12.4. The van der Waals surface area contributed by atoms with E-state index < -0.39 is 5.97 Å². The molecule has 0 spiro atoms. The molecule has 0 saturated carbocycles. The first-order valence-corrected chi connectivity index (χ1v) is 11.3. The van der Waals surface area contributed by atoms with E-state index in [9.17, 15) is 4.79 Å². The molecule has 0 atom stereocenters. The zero-order valence-corrected chi connectivity index (χ0v) is 19.3. The third kappa shape index (κ3) is 5.84. The summed E-state index contributed by atoms with van der Waals surface area (Å²) in [7, 11) is 1.58. The average molecular weight is 458 g/mol. The number of methoxy groups -OCH3 is 1. The van der Waals surface area contributed by atoms with Crippen molar-refractivity contribution in [2.24, 2.45) is 4.99 Å². The van der Waals surface area contributed by atoms with Gasteiger partial charge in [-0.3, -0.25) is 0 Å². The van der Waals surface area contributed by atoms with Crippen molar-refractivity contribution in [3.05, 3.63) is 95.2 Å². The Balaban J connectivity index is 1.46. The van der Waals surface area contributed by atoms with Gasteiger partial charge in [0.2, 0.25) is 5.90 Å². The van der Waals surface area contributed by atoms with Crippen molar-refractivity contribution in [2.45, 2.75) is 26.4 Å². The Hall–Kier alpha value is -4.06. The second-order valence-electron chi connectivity index (χ2n) is 7.75. The number of cyclic esters (lactones) is 1. The molecule has 1 aliphatic rings. The van der Waals surface area contributed by atoms with Crippen LogP contribution in [0.3, 0.4) is 0 Å². The minimum Gasteiger partial charge on any atom is -0.494 e. The van der Waals surface area contributed by atoms with E-state index in [-0.39, 0.29) is 11.6 Å². The molecule has 0 saturated heterocycles. The van der Waals surface area contributed by atoms with E-state index >= 15 is 0 Å². The molecule has 4 rings (SSSR count). The maximum Gasteiger partial charge on any atom is 0.363 e. The van der Waals surface area contributed by atoms with Crippen molar-refractivity contribution in [2.75, 3.05) is 13.7 Å². The van der Waals surface area contributed by atoms with E-state index in [0.717, 1.165) is 29.7 Å². The molecule has 6 nitrogen and oxygen atoms in total. The summed E-state index contributed by atoms with van der Waals surface area (Å²) in [5.41, 5.74) is 2.74. The van der Waals surface area contributed by atoms with Gasteiger partial charge in [-0.25, -0.2) is 9.79 Å². The molecule has 0 aliphatic carbocycles. The summed E-state index contributed by atoms with van der Waals surface area (Å²) in [5, 5.41) is 0. The molecule has 3 aromatic rings. The number of carbonyl (C=O) groups is 1. The summed E-state index contributed by atoms with van der Waals surface area (Å²) in [6.07, 6.45) is 3.75. The van der Waals surface area contributed by atoms with Crippen molar-refractivity contribution in [3.63, 3.8) is 0 Å². The Labute approximate surface area is 199 Å². The lowest BCUT2D eigenvalue weighted by Crippen LogP contribution is -2.05. The summed E-state index contributed by atoms with van der Waals surface area (Å²) in [6.45, 7) is 3.23. The van der Waals surface area contributed by atoms with E-state index in [4.69, 9.17) is 18.9 Å². The molecule has 0 bridgehead atoms. The Kier molecular flexibility index (Phi) is 7.60. The lowest BCUT2D eigenvalue weighted by molar-refractivity contribution is -0.129. The van der Waals surface area contributed by atoms with Crippen molar-refractivity contribution in [1.29, 1.82) is 0 Å². The Morgan fingerprint density at radius 3 is 2.47 bits per heavy atom. The van der Waals surface area contributed by atoms with E-state index in [1.807, 2.05) is 66.7 Å². The van der Waals surface area contributed by atoms with Crippen LogP contribution < -0.4 is 14.2 Å². The molecule has 0 aromatic heterocycles. The first-order valence-electron chi connectivity index (χ1n) is 11.3. The Morgan fingerprint density at radius 2 is 1.74 bits per heavy atom. The zero-order valence-electron chi connectivity index (χ0n) is 19.3. The lowest BCUT2D eigenvalue weighted by Gasteiger charge is -2.11. The van der Waals surface area contributed by atoms with Crippen LogP contribution in [-0.2, 0) is 16.1 Å². The van der Waals surface area contributed by atoms with Gasteiger partial charge in [-0.1, -0.05) is 49.7 Å². The normalized spacial score (nSPS) is 14.0. The van der Waals surface area contributed by atoms with Gasteiger partial charge in [-0.05, 0) is 60.0 Å². The number of aliphatic imine (C=N–C) groups is 1. The predicted octanol–water partition coefficient (Wildman–Crippen LogP) is 5.80. The number of nitrogens with zero attached hydrogens (tertiary/aromatic N) is 1. The van der Waals surface area contributed by atoms with Gasteiger partial charge in [0.1, 0.15) is 12.4 Å². The number of hydrogen-bond donors (Lipinski definition) is 0.